The van der Waals surface area contributed by atoms with Crippen molar-refractivity contribution in [3.8, 4) is 5.75 Å². The molecular weight excluding hydrogens is 271 g/mol. The first-order valence-corrected chi connectivity index (χ1v) is 4.50. The molecule has 0 aliphatic heterocycles. The summed E-state index contributed by atoms with van der Waals surface area (Å²) in [4.78, 5) is 30.5. The van der Waals surface area contributed by atoms with Crippen LogP contribution in [0.15, 0.2) is 27.4 Å². The molecule has 19 heavy (non-hydrogen) atoms. The number of hydrogen-bond donors (Lipinski definition) is 1. The van der Waals surface area contributed by atoms with Crippen LogP contribution in [0, 0.1) is 20.2 Å². The van der Waals surface area contributed by atoms with E-state index in [0.29, 0.717) is 0 Å². The van der Waals surface area contributed by atoms with Gasteiger partial charge in [0.05, 0.1) is 15.2 Å². The van der Waals surface area contributed by atoms with Gasteiger partial charge in [-0.1, -0.05) is 0 Å². The second kappa shape index (κ2) is 5.34. The summed E-state index contributed by atoms with van der Waals surface area (Å²) in [5, 5.41) is 30.4. The first-order chi connectivity index (χ1) is 8.41. The Morgan fingerprint density at radius 1 is 1.16 bits per heavy atom. The SMILES string of the molecule is O=c1oc2ccc([N+](=O)[O-])cc2c(O)c1[N+](=O)[O-].[NaH]. The molecule has 0 unspecified atom stereocenters. The summed E-state index contributed by atoms with van der Waals surface area (Å²) in [5.74, 6) is -0.949. The third-order valence-corrected chi connectivity index (χ3v) is 2.23. The molecule has 1 N–H and O–H groups in total. The van der Waals surface area contributed by atoms with E-state index in [0.717, 1.165) is 18.2 Å². The molecule has 0 atom stereocenters. The quantitative estimate of drug-likeness (QED) is 0.368. The average Bonchev–Trinajstić information content (AvgIpc) is 2.27. The molecule has 1 heterocycles. The molecular formula is C9H5N2NaO7. The summed E-state index contributed by atoms with van der Waals surface area (Å²) in [6.07, 6.45) is 0. The molecule has 0 aliphatic rings. The van der Waals surface area contributed by atoms with Gasteiger partial charge in [0.1, 0.15) is 5.58 Å². The molecule has 2 rings (SSSR count). The topological polar surface area (TPSA) is 137 Å². The zero-order chi connectivity index (χ0) is 13.4. The molecule has 0 radical (unpaired) electrons. The first kappa shape index (κ1) is 15.1. The second-order valence-corrected chi connectivity index (χ2v) is 3.28. The minimum atomic E-state index is -1.32. The summed E-state index contributed by atoms with van der Waals surface area (Å²) in [6, 6.07) is 3.02. The molecule has 0 saturated carbocycles. The third kappa shape index (κ3) is 2.57. The second-order valence-electron chi connectivity index (χ2n) is 3.28. The van der Waals surface area contributed by atoms with Crippen LogP contribution in [-0.4, -0.2) is 44.5 Å². The van der Waals surface area contributed by atoms with Gasteiger partial charge in [0.25, 0.3) is 5.69 Å². The van der Waals surface area contributed by atoms with Crippen molar-refractivity contribution in [2.24, 2.45) is 0 Å². The Balaban J connectivity index is 0.00000180. The van der Waals surface area contributed by atoms with Gasteiger partial charge in [0.2, 0.25) is 5.75 Å². The van der Waals surface area contributed by atoms with E-state index in [1.165, 1.54) is 0 Å². The fourth-order valence-corrected chi connectivity index (χ4v) is 1.44. The van der Waals surface area contributed by atoms with Crippen molar-refractivity contribution in [2.75, 3.05) is 0 Å². The molecule has 1 aromatic heterocycles. The van der Waals surface area contributed by atoms with Gasteiger partial charge >= 0.3 is 40.9 Å². The third-order valence-electron chi connectivity index (χ3n) is 2.23. The van der Waals surface area contributed by atoms with Crippen LogP contribution in [-0.2, 0) is 0 Å². The van der Waals surface area contributed by atoms with Gasteiger partial charge in [0, 0.05) is 12.1 Å². The van der Waals surface area contributed by atoms with Gasteiger partial charge in [-0.05, 0) is 6.07 Å². The van der Waals surface area contributed by atoms with Gasteiger partial charge in [0.15, 0.2) is 0 Å². The average molecular weight is 276 g/mol. The predicted molar refractivity (Wildman–Crippen MR) is 64.6 cm³/mol. The van der Waals surface area contributed by atoms with E-state index in [-0.39, 0.29) is 46.2 Å². The Kier molecular flexibility index (Phi) is 4.24. The van der Waals surface area contributed by atoms with Gasteiger partial charge in [-0.15, -0.1) is 0 Å². The van der Waals surface area contributed by atoms with Crippen LogP contribution < -0.4 is 5.63 Å². The van der Waals surface area contributed by atoms with Crippen LogP contribution in [0.4, 0.5) is 11.4 Å². The van der Waals surface area contributed by atoms with E-state index < -0.39 is 26.9 Å². The van der Waals surface area contributed by atoms with Crippen LogP contribution in [0.5, 0.6) is 5.75 Å². The Hall–Kier alpha value is -1.97. The van der Waals surface area contributed by atoms with Crippen molar-refractivity contribution in [1.29, 1.82) is 0 Å². The fourth-order valence-electron chi connectivity index (χ4n) is 1.44. The normalized spacial score (nSPS) is 9.89. The van der Waals surface area contributed by atoms with Crippen molar-refractivity contribution in [2.45, 2.75) is 0 Å². The fraction of sp³-hybridized carbons (Fsp3) is 0. The number of hydrogen-bond acceptors (Lipinski definition) is 7. The van der Waals surface area contributed by atoms with E-state index in [1.54, 1.807) is 0 Å². The molecule has 10 heteroatoms. The Bertz CT molecular complexity index is 739. The molecule has 2 aromatic rings. The number of nitro groups is 2. The number of rotatable bonds is 2. The maximum atomic E-state index is 11.2. The van der Waals surface area contributed by atoms with Crippen LogP contribution in [0.1, 0.15) is 0 Å². The molecule has 9 nitrogen and oxygen atoms in total. The Morgan fingerprint density at radius 3 is 2.32 bits per heavy atom. The van der Waals surface area contributed by atoms with Crippen molar-refractivity contribution < 1.29 is 19.4 Å². The van der Waals surface area contributed by atoms with E-state index in [4.69, 9.17) is 0 Å². The predicted octanol–water partition coefficient (Wildman–Crippen LogP) is 0.667. The molecule has 0 saturated heterocycles. The zero-order valence-corrected chi connectivity index (χ0v) is 8.52. The van der Waals surface area contributed by atoms with E-state index in [9.17, 15) is 30.1 Å². The summed E-state index contributed by atoms with van der Waals surface area (Å²) in [5.41, 5.74) is -3.03. The minimum absolute atomic E-state index is 0. The molecule has 0 aliphatic carbocycles. The standard InChI is InChI=1S/C9H4N2O7.Na.H/c12-8-5-3-4(10(14)15)1-2-6(5)18-9(13)7(8)11(16)17;;/h1-3,12H;;. The number of aromatic hydroxyl groups is 1. The summed E-state index contributed by atoms with van der Waals surface area (Å²) < 4.78 is 4.59. The van der Waals surface area contributed by atoms with Crippen molar-refractivity contribution in [1.82, 2.24) is 0 Å². The maximum absolute atomic E-state index is 11.2. The summed E-state index contributed by atoms with van der Waals surface area (Å²) >= 11 is 0. The Morgan fingerprint density at radius 2 is 1.79 bits per heavy atom. The molecule has 0 bridgehead atoms. The van der Waals surface area contributed by atoms with E-state index >= 15 is 0 Å². The molecule has 94 valence electrons. The summed E-state index contributed by atoms with van der Waals surface area (Å²) in [6.45, 7) is 0. The van der Waals surface area contributed by atoms with E-state index in [1.807, 2.05) is 0 Å². The van der Waals surface area contributed by atoms with Crippen molar-refractivity contribution in [3.05, 3.63) is 48.8 Å². The first-order valence-electron chi connectivity index (χ1n) is 4.50. The molecule has 0 spiro atoms. The van der Waals surface area contributed by atoms with Gasteiger partial charge in [-0.25, -0.2) is 4.79 Å². The number of benzene rings is 1. The molecule has 0 amide bonds. The van der Waals surface area contributed by atoms with Crippen LogP contribution in [0.2, 0.25) is 0 Å². The van der Waals surface area contributed by atoms with Gasteiger partial charge in [-0.2, -0.15) is 0 Å². The van der Waals surface area contributed by atoms with Crippen molar-refractivity contribution in [3.63, 3.8) is 0 Å². The number of nitrogens with zero attached hydrogens (tertiary/aromatic N) is 2. The van der Waals surface area contributed by atoms with Gasteiger partial charge < -0.3 is 9.52 Å². The number of non-ortho nitro benzene ring substituents is 1. The van der Waals surface area contributed by atoms with E-state index in [2.05, 4.69) is 4.42 Å². The molecule has 1 aromatic carbocycles. The van der Waals surface area contributed by atoms with Crippen LogP contribution >= 0.6 is 0 Å². The number of fused-ring (bicyclic) bond motifs is 1. The van der Waals surface area contributed by atoms with Crippen LogP contribution in [0.25, 0.3) is 11.0 Å². The monoisotopic (exact) mass is 276 g/mol. The van der Waals surface area contributed by atoms with Crippen LogP contribution in [0.3, 0.4) is 0 Å². The molecule has 0 fully saturated rings. The van der Waals surface area contributed by atoms with Gasteiger partial charge in [-0.3, -0.25) is 20.2 Å². The zero-order valence-electron chi connectivity index (χ0n) is 8.52. The summed E-state index contributed by atoms with van der Waals surface area (Å²) in [7, 11) is 0. The Labute approximate surface area is 126 Å². The van der Waals surface area contributed by atoms with Crippen molar-refractivity contribution >= 4 is 51.9 Å². The number of nitro benzene ring substituents is 1.